The molecule has 0 spiro atoms. The quantitative estimate of drug-likeness (QED) is 0.842. The predicted molar refractivity (Wildman–Crippen MR) is 94.9 cm³/mol. The number of benzene rings is 1. The van der Waals surface area contributed by atoms with Crippen molar-refractivity contribution >= 4 is 10.0 Å². The molecule has 2 aromatic rings. The van der Waals surface area contributed by atoms with E-state index in [1.807, 2.05) is 31.2 Å². The Morgan fingerprint density at radius 1 is 1.08 bits per heavy atom. The van der Waals surface area contributed by atoms with Gasteiger partial charge in [-0.2, -0.15) is 4.31 Å². The van der Waals surface area contributed by atoms with Gasteiger partial charge in [-0.3, -0.25) is 4.98 Å². The molecule has 2 aliphatic heterocycles. The van der Waals surface area contributed by atoms with Gasteiger partial charge in [-0.05, 0) is 44.0 Å². The van der Waals surface area contributed by atoms with Crippen LogP contribution in [0.3, 0.4) is 0 Å². The Morgan fingerprint density at radius 2 is 1.76 bits per heavy atom. The van der Waals surface area contributed by atoms with Crippen LogP contribution >= 0.6 is 0 Å². The first-order valence-electron chi connectivity index (χ1n) is 8.71. The van der Waals surface area contributed by atoms with E-state index in [4.69, 9.17) is 4.74 Å². The molecule has 1 aromatic heterocycles. The van der Waals surface area contributed by atoms with Crippen molar-refractivity contribution in [2.24, 2.45) is 0 Å². The molecule has 5 nitrogen and oxygen atoms in total. The van der Waals surface area contributed by atoms with Crippen molar-refractivity contribution in [2.75, 3.05) is 0 Å². The van der Waals surface area contributed by atoms with Crippen LogP contribution in [0.1, 0.15) is 31.2 Å². The fourth-order valence-corrected chi connectivity index (χ4v) is 5.91. The van der Waals surface area contributed by atoms with Crippen molar-refractivity contribution in [3.8, 4) is 5.75 Å². The summed E-state index contributed by atoms with van der Waals surface area (Å²) in [5, 5.41) is 0. The molecule has 4 rings (SSSR count). The highest BCUT2D eigenvalue weighted by atomic mass is 32.2. The van der Waals surface area contributed by atoms with E-state index in [1.165, 1.54) is 0 Å². The van der Waals surface area contributed by atoms with E-state index < -0.39 is 10.0 Å². The van der Waals surface area contributed by atoms with E-state index in [1.54, 1.807) is 28.8 Å². The Balaban J connectivity index is 1.53. The van der Waals surface area contributed by atoms with Gasteiger partial charge in [-0.25, -0.2) is 8.42 Å². The van der Waals surface area contributed by atoms with Crippen LogP contribution in [0.25, 0.3) is 0 Å². The lowest BCUT2D eigenvalue weighted by Crippen LogP contribution is -2.49. The number of ether oxygens (including phenoxy) is 1. The zero-order valence-electron chi connectivity index (χ0n) is 14.2. The monoisotopic (exact) mass is 358 g/mol. The summed E-state index contributed by atoms with van der Waals surface area (Å²) in [6.07, 6.45) is 6.74. The van der Waals surface area contributed by atoms with Crippen LogP contribution in [0.4, 0.5) is 0 Å². The second-order valence-corrected chi connectivity index (χ2v) is 8.78. The summed E-state index contributed by atoms with van der Waals surface area (Å²) in [7, 11) is -3.45. The normalized spacial score (nSPS) is 26.5. The molecule has 132 valence electrons. The van der Waals surface area contributed by atoms with E-state index in [0.29, 0.717) is 4.90 Å². The number of pyridine rings is 1. The van der Waals surface area contributed by atoms with Gasteiger partial charge in [0, 0.05) is 31.1 Å². The van der Waals surface area contributed by atoms with Gasteiger partial charge in [0.1, 0.15) is 11.9 Å². The maximum atomic E-state index is 13.1. The molecule has 25 heavy (non-hydrogen) atoms. The van der Waals surface area contributed by atoms with E-state index in [9.17, 15) is 8.42 Å². The molecule has 1 aromatic carbocycles. The van der Waals surface area contributed by atoms with Gasteiger partial charge in [-0.15, -0.1) is 0 Å². The predicted octanol–water partition coefficient (Wildman–Crippen LogP) is 3.15. The SMILES string of the molecule is Cc1ccc(S(=O)(=O)N2C3CCC2CC(Oc2cccnc2)C3)cc1. The molecule has 2 aliphatic rings. The Morgan fingerprint density at radius 3 is 2.36 bits per heavy atom. The third kappa shape index (κ3) is 3.16. The lowest BCUT2D eigenvalue weighted by Gasteiger charge is -2.37. The minimum Gasteiger partial charge on any atom is -0.489 e. The van der Waals surface area contributed by atoms with Gasteiger partial charge in [0.25, 0.3) is 0 Å². The molecular weight excluding hydrogens is 336 g/mol. The van der Waals surface area contributed by atoms with Crippen molar-refractivity contribution in [2.45, 2.75) is 55.7 Å². The molecule has 2 saturated heterocycles. The number of fused-ring (bicyclic) bond motifs is 2. The lowest BCUT2D eigenvalue weighted by molar-refractivity contribution is 0.0953. The Bertz CT molecular complexity index is 823. The zero-order chi connectivity index (χ0) is 17.4. The van der Waals surface area contributed by atoms with Crippen molar-refractivity contribution in [3.63, 3.8) is 0 Å². The zero-order valence-corrected chi connectivity index (χ0v) is 15.0. The van der Waals surface area contributed by atoms with Crippen LogP contribution in [-0.2, 0) is 10.0 Å². The van der Waals surface area contributed by atoms with Crippen molar-refractivity contribution < 1.29 is 13.2 Å². The molecule has 0 saturated carbocycles. The van der Waals surface area contributed by atoms with Crippen LogP contribution in [0.2, 0.25) is 0 Å². The number of hydrogen-bond donors (Lipinski definition) is 0. The molecular formula is C19H22N2O3S. The number of rotatable bonds is 4. The molecule has 2 atom stereocenters. The lowest BCUT2D eigenvalue weighted by atomic mass is 10.0. The molecule has 0 N–H and O–H groups in total. The summed E-state index contributed by atoms with van der Waals surface area (Å²) in [5.41, 5.74) is 1.06. The second kappa shape index (κ2) is 6.42. The molecule has 2 bridgehead atoms. The van der Waals surface area contributed by atoms with Gasteiger partial charge in [0.2, 0.25) is 10.0 Å². The molecule has 0 amide bonds. The van der Waals surface area contributed by atoms with Gasteiger partial charge in [-0.1, -0.05) is 17.7 Å². The van der Waals surface area contributed by atoms with E-state index in [0.717, 1.165) is 37.0 Å². The second-order valence-electron chi connectivity index (χ2n) is 6.93. The fraction of sp³-hybridized carbons (Fsp3) is 0.421. The standard InChI is InChI=1S/C19H22N2O3S/c1-14-4-8-19(9-5-14)25(22,23)21-15-6-7-16(21)12-18(11-15)24-17-3-2-10-20-13-17/h2-5,8-10,13,15-16,18H,6-7,11-12H2,1H3. The highest BCUT2D eigenvalue weighted by Crippen LogP contribution is 2.40. The van der Waals surface area contributed by atoms with Crippen molar-refractivity contribution in [1.29, 1.82) is 0 Å². The van der Waals surface area contributed by atoms with E-state index in [-0.39, 0.29) is 18.2 Å². The summed E-state index contributed by atoms with van der Waals surface area (Å²) in [4.78, 5) is 4.46. The smallest absolute Gasteiger partial charge is 0.243 e. The highest BCUT2D eigenvalue weighted by molar-refractivity contribution is 7.89. The first-order valence-corrected chi connectivity index (χ1v) is 10.1. The van der Waals surface area contributed by atoms with Gasteiger partial charge in [0.05, 0.1) is 11.1 Å². The fourth-order valence-electron chi connectivity index (χ4n) is 4.01. The van der Waals surface area contributed by atoms with E-state index >= 15 is 0 Å². The molecule has 0 radical (unpaired) electrons. The molecule has 0 aliphatic carbocycles. The van der Waals surface area contributed by atoms with E-state index in [2.05, 4.69) is 4.98 Å². The maximum Gasteiger partial charge on any atom is 0.243 e. The van der Waals surface area contributed by atoms with Crippen molar-refractivity contribution in [1.82, 2.24) is 9.29 Å². The summed E-state index contributed by atoms with van der Waals surface area (Å²) < 4.78 is 34.0. The first kappa shape index (κ1) is 16.5. The van der Waals surface area contributed by atoms with Crippen LogP contribution in [0.15, 0.2) is 53.7 Å². The molecule has 3 heterocycles. The summed E-state index contributed by atoms with van der Waals surface area (Å²) >= 11 is 0. The number of nitrogens with zero attached hydrogens (tertiary/aromatic N) is 2. The Hall–Kier alpha value is -1.92. The van der Waals surface area contributed by atoms with Gasteiger partial charge >= 0.3 is 0 Å². The Labute approximate surface area is 148 Å². The first-order chi connectivity index (χ1) is 12.0. The average Bonchev–Trinajstić information content (AvgIpc) is 2.89. The number of piperidine rings is 1. The Kier molecular flexibility index (Phi) is 4.25. The topological polar surface area (TPSA) is 59.5 Å². The van der Waals surface area contributed by atoms with Crippen LogP contribution in [0.5, 0.6) is 5.75 Å². The summed E-state index contributed by atoms with van der Waals surface area (Å²) in [6.45, 7) is 1.96. The average molecular weight is 358 g/mol. The number of aromatic nitrogens is 1. The van der Waals surface area contributed by atoms with Crippen LogP contribution in [0, 0.1) is 6.92 Å². The molecule has 6 heteroatoms. The minimum absolute atomic E-state index is 0.0201. The third-order valence-electron chi connectivity index (χ3n) is 5.16. The molecule has 2 unspecified atom stereocenters. The largest absolute Gasteiger partial charge is 0.489 e. The molecule has 2 fully saturated rings. The van der Waals surface area contributed by atoms with Gasteiger partial charge in [0.15, 0.2) is 0 Å². The number of hydrogen-bond acceptors (Lipinski definition) is 4. The number of aryl methyl sites for hydroxylation is 1. The maximum absolute atomic E-state index is 13.1. The van der Waals surface area contributed by atoms with Crippen LogP contribution in [-0.4, -0.2) is 35.9 Å². The summed E-state index contributed by atoms with van der Waals surface area (Å²) in [5.74, 6) is 0.752. The van der Waals surface area contributed by atoms with Crippen molar-refractivity contribution in [3.05, 3.63) is 54.4 Å². The minimum atomic E-state index is -3.45. The van der Waals surface area contributed by atoms with Gasteiger partial charge < -0.3 is 4.74 Å². The third-order valence-corrected chi connectivity index (χ3v) is 7.18. The van der Waals surface area contributed by atoms with Crippen LogP contribution < -0.4 is 4.74 Å². The highest BCUT2D eigenvalue weighted by Gasteiger charge is 2.47. The number of sulfonamides is 1. The summed E-state index contributed by atoms with van der Waals surface area (Å²) in [6, 6.07) is 10.9.